The molecule has 6 heteroatoms. The summed E-state index contributed by atoms with van der Waals surface area (Å²) in [6.07, 6.45) is 2.28. The van der Waals surface area contributed by atoms with Gasteiger partial charge in [-0.15, -0.1) is 10.2 Å². The van der Waals surface area contributed by atoms with Crippen molar-refractivity contribution in [3.05, 3.63) is 11.6 Å². The maximum Gasteiger partial charge on any atom is 0.146 e. The highest BCUT2D eigenvalue weighted by Gasteiger charge is 2.30. The second-order valence-electron chi connectivity index (χ2n) is 6.74. The van der Waals surface area contributed by atoms with E-state index in [2.05, 4.69) is 38.5 Å². The van der Waals surface area contributed by atoms with Gasteiger partial charge in [-0.3, -0.25) is 9.80 Å². The predicted octanol–water partition coefficient (Wildman–Crippen LogP) is 0.579. The Morgan fingerprint density at radius 1 is 1.29 bits per heavy atom. The third-order valence-corrected chi connectivity index (χ3v) is 4.65. The fraction of sp³-hybridized carbons (Fsp3) is 0.867. The van der Waals surface area contributed by atoms with E-state index in [1.54, 1.807) is 0 Å². The van der Waals surface area contributed by atoms with Gasteiger partial charge in [0.2, 0.25) is 0 Å². The fourth-order valence-electron chi connectivity index (χ4n) is 3.23. The van der Waals surface area contributed by atoms with Crippen LogP contribution in [0.15, 0.2) is 0 Å². The molecule has 1 aliphatic heterocycles. The minimum Gasteiger partial charge on any atom is -0.392 e. The Morgan fingerprint density at radius 2 is 2.05 bits per heavy atom. The van der Waals surface area contributed by atoms with Crippen LogP contribution in [0.1, 0.15) is 44.3 Å². The second kappa shape index (κ2) is 6.02. The fourth-order valence-corrected chi connectivity index (χ4v) is 3.23. The Kier molecular flexibility index (Phi) is 4.28. The Morgan fingerprint density at radius 3 is 2.67 bits per heavy atom. The van der Waals surface area contributed by atoms with E-state index in [-0.39, 0.29) is 6.10 Å². The molecule has 2 aliphatic rings. The Bertz CT molecular complexity index is 482. The van der Waals surface area contributed by atoms with Crippen molar-refractivity contribution in [3.63, 3.8) is 0 Å². The molecule has 0 unspecified atom stereocenters. The van der Waals surface area contributed by atoms with Gasteiger partial charge in [-0.05, 0) is 26.7 Å². The SMILES string of the molecule is C[C@H](O)CN1CCN(Cc2nnc(C3CC3)n2C)C[C@H]1C. The van der Waals surface area contributed by atoms with Crippen LogP contribution in [0, 0.1) is 0 Å². The maximum atomic E-state index is 9.54. The summed E-state index contributed by atoms with van der Waals surface area (Å²) >= 11 is 0. The van der Waals surface area contributed by atoms with Gasteiger partial charge in [0.1, 0.15) is 11.6 Å². The average Bonchev–Trinajstić information content (AvgIpc) is 3.19. The predicted molar refractivity (Wildman–Crippen MR) is 81.0 cm³/mol. The van der Waals surface area contributed by atoms with Gasteiger partial charge in [0.15, 0.2) is 0 Å². The van der Waals surface area contributed by atoms with Crippen LogP contribution in [0.3, 0.4) is 0 Å². The van der Waals surface area contributed by atoms with Gasteiger partial charge in [0.25, 0.3) is 0 Å². The molecule has 1 aromatic rings. The number of aliphatic hydroxyl groups is 1. The van der Waals surface area contributed by atoms with Gasteiger partial charge in [0.05, 0.1) is 12.6 Å². The van der Waals surface area contributed by atoms with E-state index in [0.29, 0.717) is 12.0 Å². The number of rotatable bonds is 5. The molecule has 1 saturated carbocycles. The molecule has 118 valence electrons. The highest BCUT2D eigenvalue weighted by molar-refractivity contribution is 5.07. The van der Waals surface area contributed by atoms with Crippen LogP contribution in [0.5, 0.6) is 0 Å². The quantitative estimate of drug-likeness (QED) is 0.860. The normalized spacial score (nSPS) is 26.2. The van der Waals surface area contributed by atoms with Crippen LogP contribution >= 0.6 is 0 Å². The number of hydrogen-bond acceptors (Lipinski definition) is 5. The summed E-state index contributed by atoms with van der Waals surface area (Å²) < 4.78 is 2.19. The summed E-state index contributed by atoms with van der Waals surface area (Å²) in [7, 11) is 2.09. The molecule has 1 aliphatic carbocycles. The second-order valence-corrected chi connectivity index (χ2v) is 6.74. The topological polar surface area (TPSA) is 57.4 Å². The summed E-state index contributed by atoms with van der Waals surface area (Å²) in [4.78, 5) is 4.82. The third kappa shape index (κ3) is 3.44. The van der Waals surface area contributed by atoms with Crippen LogP contribution < -0.4 is 0 Å². The van der Waals surface area contributed by atoms with Crippen molar-refractivity contribution in [2.75, 3.05) is 26.2 Å². The molecule has 0 bridgehead atoms. The van der Waals surface area contributed by atoms with E-state index in [4.69, 9.17) is 0 Å². The van der Waals surface area contributed by atoms with Gasteiger partial charge >= 0.3 is 0 Å². The van der Waals surface area contributed by atoms with Crippen LogP contribution in [-0.2, 0) is 13.6 Å². The third-order valence-electron chi connectivity index (χ3n) is 4.65. The lowest BCUT2D eigenvalue weighted by Crippen LogP contribution is -2.53. The zero-order chi connectivity index (χ0) is 15.0. The molecular formula is C15H27N5O. The van der Waals surface area contributed by atoms with Gasteiger partial charge in [-0.2, -0.15) is 0 Å². The van der Waals surface area contributed by atoms with E-state index in [1.165, 1.54) is 12.8 Å². The minimum atomic E-state index is -0.251. The molecule has 1 saturated heterocycles. The molecule has 1 N–H and O–H groups in total. The lowest BCUT2D eigenvalue weighted by Gasteiger charge is -2.40. The summed E-state index contributed by atoms with van der Waals surface area (Å²) in [5.41, 5.74) is 0. The van der Waals surface area contributed by atoms with E-state index >= 15 is 0 Å². The highest BCUT2D eigenvalue weighted by Crippen LogP contribution is 2.38. The van der Waals surface area contributed by atoms with Gasteiger partial charge in [-0.1, -0.05) is 0 Å². The first-order valence-corrected chi connectivity index (χ1v) is 8.07. The highest BCUT2D eigenvalue weighted by atomic mass is 16.3. The van der Waals surface area contributed by atoms with Crippen LogP contribution in [0.2, 0.25) is 0 Å². The number of β-amino-alcohol motifs (C(OH)–C–C–N with tert-alkyl or cyclic N) is 1. The molecule has 6 nitrogen and oxygen atoms in total. The molecule has 3 rings (SSSR count). The van der Waals surface area contributed by atoms with E-state index in [9.17, 15) is 5.11 Å². The molecule has 1 aromatic heterocycles. The maximum absolute atomic E-state index is 9.54. The number of hydrogen-bond donors (Lipinski definition) is 1. The van der Waals surface area contributed by atoms with E-state index in [0.717, 1.165) is 44.4 Å². The molecular weight excluding hydrogens is 266 g/mol. The minimum absolute atomic E-state index is 0.251. The molecule has 21 heavy (non-hydrogen) atoms. The standard InChI is InChI=1S/C15H27N5O/c1-11-8-19(6-7-20(11)9-12(2)21)10-14-16-17-15(18(14)3)13-4-5-13/h11-13,21H,4-10H2,1-3H3/t11-,12+/m1/s1. The van der Waals surface area contributed by atoms with Gasteiger partial charge in [0, 0.05) is 45.2 Å². The van der Waals surface area contributed by atoms with Gasteiger partial charge in [-0.25, -0.2) is 0 Å². The number of piperazine rings is 1. The molecule has 2 heterocycles. The monoisotopic (exact) mass is 293 g/mol. The largest absolute Gasteiger partial charge is 0.392 e. The first-order chi connectivity index (χ1) is 10.0. The summed E-state index contributed by atoms with van der Waals surface area (Å²) in [6, 6.07) is 0.476. The average molecular weight is 293 g/mol. The molecule has 0 aromatic carbocycles. The number of aliphatic hydroxyl groups excluding tert-OH is 1. The molecule has 2 fully saturated rings. The summed E-state index contributed by atoms with van der Waals surface area (Å²) in [5, 5.41) is 18.3. The van der Waals surface area contributed by atoms with E-state index < -0.39 is 0 Å². The first kappa shape index (κ1) is 14.9. The van der Waals surface area contributed by atoms with Crippen molar-refractivity contribution < 1.29 is 5.11 Å². The molecule has 0 spiro atoms. The van der Waals surface area contributed by atoms with Crippen LogP contribution in [0.4, 0.5) is 0 Å². The molecule has 0 amide bonds. The Hall–Kier alpha value is -0.980. The molecule has 0 radical (unpaired) electrons. The first-order valence-electron chi connectivity index (χ1n) is 8.07. The lowest BCUT2D eigenvalue weighted by atomic mass is 10.1. The number of nitrogens with zero attached hydrogens (tertiary/aromatic N) is 5. The Labute approximate surface area is 126 Å². The van der Waals surface area contributed by atoms with Crippen molar-refractivity contribution in [2.45, 2.75) is 51.3 Å². The van der Waals surface area contributed by atoms with Crippen molar-refractivity contribution in [1.82, 2.24) is 24.6 Å². The van der Waals surface area contributed by atoms with Crippen molar-refractivity contribution >= 4 is 0 Å². The number of aromatic nitrogens is 3. The van der Waals surface area contributed by atoms with Crippen molar-refractivity contribution in [3.8, 4) is 0 Å². The Balaban J connectivity index is 1.57. The lowest BCUT2D eigenvalue weighted by molar-refractivity contribution is 0.0410. The van der Waals surface area contributed by atoms with E-state index in [1.807, 2.05) is 6.92 Å². The van der Waals surface area contributed by atoms with Crippen molar-refractivity contribution in [2.24, 2.45) is 7.05 Å². The van der Waals surface area contributed by atoms with Crippen LogP contribution in [-0.4, -0.2) is 68.0 Å². The summed E-state index contributed by atoms with van der Waals surface area (Å²) in [5.74, 6) is 2.89. The smallest absolute Gasteiger partial charge is 0.146 e. The zero-order valence-electron chi connectivity index (χ0n) is 13.4. The molecule has 2 atom stereocenters. The van der Waals surface area contributed by atoms with Crippen molar-refractivity contribution in [1.29, 1.82) is 0 Å². The summed E-state index contributed by atoms with van der Waals surface area (Å²) in [6.45, 7) is 8.81. The zero-order valence-corrected chi connectivity index (χ0v) is 13.4. The van der Waals surface area contributed by atoms with Crippen LogP contribution in [0.25, 0.3) is 0 Å². The van der Waals surface area contributed by atoms with Gasteiger partial charge < -0.3 is 9.67 Å².